The molecule has 1 heterocycles. The lowest BCUT2D eigenvalue weighted by Gasteiger charge is -2.25. The first-order valence-corrected chi connectivity index (χ1v) is 7.80. The summed E-state index contributed by atoms with van der Waals surface area (Å²) in [6.07, 6.45) is 1.83. The highest BCUT2D eigenvalue weighted by molar-refractivity contribution is 5.79. The molecule has 2 heteroatoms. The van der Waals surface area contributed by atoms with E-state index >= 15 is 0 Å². The number of rotatable bonds is 3. The van der Waals surface area contributed by atoms with Crippen LogP contribution in [0.5, 0.6) is 0 Å². The van der Waals surface area contributed by atoms with Crippen LogP contribution in [-0.2, 0) is 4.79 Å². The van der Waals surface area contributed by atoms with Crippen molar-refractivity contribution in [3.05, 3.63) is 35.9 Å². The lowest BCUT2D eigenvalue weighted by atomic mass is 10.1. The van der Waals surface area contributed by atoms with Crippen molar-refractivity contribution < 1.29 is 4.79 Å². The van der Waals surface area contributed by atoms with Crippen molar-refractivity contribution in [2.24, 2.45) is 11.8 Å². The second kappa shape index (κ2) is 8.08. The van der Waals surface area contributed by atoms with E-state index in [2.05, 4.69) is 46.8 Å². The van der Waals surface area contributed by atoms with Crippen molar-refractivity contribution in [3.63, 3.8) is 0 Å². The van der Waals surface area contributed by atoms with Crippen LogP contribution in [0.3, 0.4) is 0 Å². The molecule has 0 bridgehead atoms. The quantitative estimate of drug-likeness (QED) is 0.785. The molecule has 0 aromatic heterocycles. The Hall–Kier alpha value is -1.31. The fraction of sp³-hybridized carbons (Fsp3) is 0.611. The molecule has 1 saturated heterocycles. The molecule has 0 N–H and O–H groups in total. The first-order valence-electron chi connectivity index (χ1n) is 7.80. The largest absolute Gasteiger partial charge is 0.336 e. The molecule has 2 nitrogen and oxygen atoms in total. The van der Waals surface area contributed by atoms with E-state index in [0.29, 0.717) is 11.8 Å². The first kappa shape index (κ1) is 16.7. The molecule has 1 fully saturated rings. The predicted octanol–water partition coefficient (Wildman–Crippen LogP) is 4.67. The lowest BCUT2D eigenvalue weighted by molar-refractivity contribution is -0.129. The molecule has 0 aliphatic carbocycles. The zero-order valence-electron chi connectivity index (χ0n) is 13.6. The fourth-order valence-corrected chi connectivity index (χ4v) is 2.37. The zero-order valence-corrected chi connectivity index (χ0v) is 13.6. The molecule has 0 radical (unpaired) electrons. The highest BCUT2D eigenvalue weighted by atomic mass is 16.2. The van der Waals surface area contributed by atoms with Gasteiger partial charge in [0, 0.05) is 13.0 Å². The van der Waals surface area contributed by atoms with Gasteiger partial charge >= 0.3 is 0 Å². The van der Waals surface area contributed by atoms with Gasteiger partial charge in [-0.15, -0.1) is 0 Å². The molecule has 1 aromatic rings. The van der Waals surface area contributed by atoms with E-state index in [4.69, 9.17) is 0 Å². The Kier molecular flexibility index (Phi) is 6.77. The lowest BCUT2D eigenvalue weighted by Crippen LogP contribution is -2.28. The molecule has 2 rings (SSSR count). The van der Waals surface area contributed by atoms with Crippen LogP contribution in [0.15, 0.2) is 30.3 Å². The van der Waals surface area contributed by atoms with E-state index in [1.54, 1.807) is 0 Å². The Balaban J connectivity index is 0.000000444. The van der Waals surface area contributed by atoms with E-state index < -0.39 is 0 Å². The smallest absolute Gasteiger partial charge is 0.223 e. The third-order valence-electron chi connectivity index (χ3n) is 3.57. The fourth-order valence-electron chi connectivity index (χ4n) is 2.37. The van der Waals surface area contributed by atoms with Crippen LogP contribution < -0.4 is 0 Å². The number of carbonyl (C=O) groups is 1. The van der Waals surface area contributed by atoms with Gasteiger partial charge in [0.15, 0.2) is 0 Å². The topological polar surface area (TPSA) is 20.3 Å². The summed E-state index contributed by atoms with van der Waals surface area (Å²) in [6.45, 7) is 11.7. The van der Waals surface area contributed by atoms with Crippen molar-refractivity contribution in [2.75, 3.05) is 6.54 Å². The molecule has 0 unspecified atom stereocenters. The Morgan fingerprint density at radius 1 is 1.15 bits per heavy atom. The van der Waals surface area contributed by atoms with Crippen molar-refractivity contribution in [3.8, 4) is 0 Å². The van der Waals surface area contributed by atoms with Crippen LogP contribution in [0.1, 0.15) is 59.1 Å². The van der Waals surface area contributed by atoms with E-state index in [0.717, 1.165) is 25.3 Å². The van der Waals surface area contributed by atoms with Crippen LogP contribution >= 0.6 is 0 Å². The van der Waals surface area contributed by atoms with Crippen LogP contribution in [0.2, 0.25) is 0 Å². The summed E-state index contributed by atoms with van der Waals surface area (Å²) >= 11 is 0. The summed E-state index contributed by atoms with van der Waals surface area (Å²) in [5.41, 5.74) is 1.23. The number of hydrogen-bond donors (Lipinski definition) is 0. The van der Waals surface area contributed by atoms with Crippen molar-refractivity contribution in [2.45, 2.75) is 53.5 Å². The summed E-state index contributed by atoms with van der Waals surface area (Å²) in [7, 11) is 0. The van der Waals surface area contributed by atoms with Crippen molar-refractivity contribution in [1.82, 2.24) is 4.90 Å². The van der Waals surface area contributed by atoms with E-state index in [9.17, 15) is 4.79 Å². The molecular weight excluding hydrogens is 246 g/mol. The molecule has 2 atom stereocenters. The van der Waals surface area contributed by atoms with Crippen molar-refractivity contribution >= 4 is 5.91 Å². The van der Waals surface area contributed by atoms with Gasteiger partial charge in [-0.3, -0.25) is 4.79 Å². The number of carbonyl (C=O) groups excluding carboxylic acids is 1. The van der Waals surface area contributed by atoms with Gasteiger partial charge in [0.1, 0.15) is 0 Å². The number of benzene rings is 1. The normalized spacial score (nSPS) is 19.8. The second-order valence-electron chi connectivity index (χ2n) is 6.34. The van der Waals surface area contributed by atoms with Gasteiger partial charge in [-0.05, 0) is 24.3 Å². The standard InChI is InChI=1S/C14H19NO.C4H10/c1-3-12-9-14(16)15(10-12)11(2)13-7-5-4-6-8-13;1-4(2)3/h4-8,11-12H,3,9-10H2,1-2H3;4H,1-3H3/t11-,12-;/m0./s1. The highest BCUT2D eigenvalue weighted by Crippen LogP contribution is 2.29. The third kappa shape index (κ3) is 4.99. The Morgan fingerprint density at radius 2 is 1.70 bits per heavy atom. The number of amides is 1. The highest BCUT2D eigenvalue weighted by Gasteiger charge is 2.31. The van der Waals surface area contributed by atoms with Gasteiger partial charge in [0.05, 0.1) is 6.04 Å². The first-order chi connectivity index (χ1) is 9.45. The summed E-state index contributed by atoms with van der Waals surface area (Å²) in [5, 5.41) is 0. The second-order valence-corrected chi connectivity index (χ2v) is 6.34. The van der Waals surface area contributed by atoms with E-state index in [-0.39, 0.29) is 6.04 Å². The van der Waals surface area contributed by atoms with Gasteiger partial charge in [-0.2, -0.15) is 0 Å². The van der Waals surface area contributed by atoms with Gasteiger partial charge in [-0.25, -0.2) is 0 Å². The van der Waals surface area contributed by atoms with Crippen LogP contribution in [0.4, 0.5) is 0 Å². The Bertz CT molecular complexity index is 396. The molecule has 0 saturated carbocycles. The van der Waals surface area contributed by atoms with Crippen LogP contribution in [-0.4, -0.2) is 17.4 Å². The van der Waals surface area contributed by atoms with Gasteiger partial charge < -0.3 is 4.90 Å². The molecule has 1 amide bonds. The summed E-state index contributed by atoms with van der Waals surface area (Å²) in [6, 6.07) is 10.5. The average molecular weight is 275 g/mol. The minimum Gasteiger partial charge on any atom is -0.336 e. The molecule has 112 valence electrons. The molecule has 1 aliphatic heterocycles. The average Bonchev–Trinajstić information content (AvgIpc) is 2.79. The monoisotopic (exact) mass is 275 g/mol. The van der Waals surface area contributed by atoms with Gasteiger partial charge in [0.25, 0.3) is 0 Å². The molecule has 1 aliphatic rings. The number of hydrogen-bond acceptors (Lipinski definition) is 1. The number of likely N-dealkylation sites (tertiary alicyclic amines) is 1. The minimum absolute atomic E-state index is 0.213. The van der Waals surface area contributed by atoms with E-state index in [1.807, 2.05) is 23.1 Å². The van der Waals surface area contributed by atoms with Gasteiger partial charge in [-0.1, -0.05) is 64.4 Å². The van der Waals surface area contributed by atoms with Gasteiger partial charge in [0.2, 0.25) is 5.91 Å². The molecule has 20 heavy (non-hydrogen) atoms. The maximum atomic E-state index is 11.9. The number of nitrogens with zero attached hydrogens (tertiary/aromatic N) is 1. The minimum atomic E-state index is 0.213. The third-order valence-corrected chi connectivity index (χ3v) is 3.57. The zero-order chi connectivity index (χ0) is 15.1. The molecular formula is C18H29NO. The molecule has 0 spiro atoms. The predicted molar refractivity (Wildman–Crippen MR) is 85.5 cm³/mol. The Labute approximate surface area is 124 Å². The summed E-state index contributed by atoms with van der Waals surface area (Å²) < 4.78 is 0. The van der Waals surface area contributed by atoms with Crippen LogP contribution in [0.25, 0.3) is 0 Å². The maximum Gasteiger partial charge on any atom is 0.223 e. The van der Waals surface area contributed by atoms with E-state index in [1.165, 1.54) is 5.56 Å². The van der Waals surface area contributed by atoms with Crippen molar-refractivity contribution in [1.29, 1.82) is 0 Å². The van der Waals surface area contributed by atoms with Crippen LogP contribution in [0, 0.1) is 11.8 Å². The summed E-state index contributed by atoms with van der Waals surface area (Å²) in [5.74, 6) is 1.70. The SMILES string of the molecule is CC(C)C.CC[C@H]1CC(=O)N([C@@H](C)c2ccccc2)C1. The maximum absolute atomic E-state index is 11.9. The molecule has 1 aromatic carbocycles. The Morgan fingerprint density at radius 3 is 2.15 bits per heavy atom. The summed E-state index contributed by atoms with van der Waals surface area (Å²) in [4.78, 5) is 13.9.